The standard InChI is InChI=1S/C18H13F3N2O6/c19-10-2-3-11(17(21)16(10)20)23-14(24)6-22-15(25)7-27-18(26)9-1-4-12-13(5-9)29-8-28-12/h1-5H,6-8H2,(H,22,25)(H,23,24). The van der Waals surface area contributed by atoms with Crippen LogP contribution >= 0.6 is 0 Å². The number of ether oxygens (including phenoxy) is 3. The molecule has 1 aliphatic rings. The fourth-order valence-corrected chi connectivity index (χ4v) is 2.28. The second kappa shape index (κ2) is 8.50. The SMILES string of the molecule is O=C(COC(=O)c1ccc2c(c1)OCO2)NCC(=O)Nc1ccc(F)c(F)c1F. The third-order valence-corrected chi connectivity index (χ3v) is 3.70. The van der Waals surface area contributed by atoms with Crippen molar-refractivity contribution >= 4 is 23.5 Å². The van der Waals surface area contributed by atoms with Gasteiger partial charge in [0.1, 0.15) is 0 Å². The maximum absolute atomic E-state index is 13.5. The summed E-state index contributed by atoms with van der Waals surface area (Å²) in [4.78, 5) is 35.3. The van der Waals surface area contributed by atoms with Gasteiger partial charge in [-0.3, -0.25) is 9.59 Å². The molecule has 2 aromatic carbocycles. The monoisotopic (exact) mass is 410 g/mol. The molecule has 152 valence electrons. The van der Waals surface area contributed by atoms with Crippen LogP contribution in [0.3, 0.4) is 0 Å². The molecule has 0 aliphatic carbocycles. The van der Waals surface area contributed by atoms with Crippen LogP contribution in [0.25, 0.3) is 0 Å². The van der Waals surface area contributed by atoms with Crippen LogP contribution in [0.2, 0.25) is 0 Å². The molecule has 3 rings (SSSR count). The number of anilines is 1. The second-order valence-electron chi connectivity index (χ2n) is 5.69. The van der Waals surface area contributed by atoms with Crippen LogP contribution in [0.1, 0.15) is 10.4 Å². The molecule has 29 heavy (non-hydrogen) atoms. The van der Waals surface area contributed by atoms with Crippen LogP contribution in [0, 0.1) is 17.5 Å². The van der Waals surface area contributed by atoms with Crippen molar-refractivity contribution in [3.63, 3.8) is 0 Å². The number of carbonyl (C=O) groups excluding carboxylic acids is 3. The lowest BCUT2D eigenvalue weighted by molar-refractivity contribution is -0.126. The molecular formula is C18H13F3N2O6. The van der Waals surface area contributed by atoms with Crippen molar-refractivity contribution in [2.45, 2.75) is 0 Å². The molecule has 1 heterocycles. The fraction of sp³-hybridized carbons (Fsp3) is 0.167. The van der Waals surface area contributed by atoms with E-state index < -0.39 is 54.1 Å². The maximum atomic E-state index is 13.5. The quantitative estimate of drug-likeness (QED) is 0.556. The van der Waals surface area contributed by atoms with Crippen molar-refractivity contribution < 1.29 is 41.8 Å². The Morgan fingerprint density at radius 1 is 0.966 bits per heavy atom. The summed E-state index contributed by atoms with van der Waals surface area (Å²) in [5.41, 5.74) is -0.453. The van der Waals surface area contributed by atoms with Crippen molar-refractivity contribution in [3.8, 4) is 11.5 Å². The topological polar surface area (TPSA) is 103 Å². The summed E-state index contributed by atoms with van der Waals surface area (Å²) in [5.74, 6) is -6.37. The van der Waals surface area contributed by atoms with E-state index in [4.69, 9.17) is 14.2 Å². The fourth-order valence-electron chi connectivity index (χ4n) is 2.28. The molecule has 8 nitrogen and oxygen atoms in total. The van der Waals surface area contributed by atoms with E-state index in [2.05, 4.69) is 5.32 Å². The van der Waals surface area contributed by atoms with Crippen molar-refractivity contribution in [1.29, 1.82) is 0 Å². The molecule has 0 saturated carbocycles. The Labute approximate surface area is 161 Å². The Kier molecular flexibility index (Phi) is 5.86. The maximum Gasteiger partial charge on any atom is 0.338 e. The zero-order valence-corrected chi connectivity index (χ0v) is 14.6. The normalized spacial score (nSPS) is 11.7. The van der Waals surface area contributed by atoms with Gasteiger partial charge in [-0.05, 0) is 30.3 Å². The minimum Gasteiger partial charge on any atom is -0.454 e. The first-order valence-corrected chi connectivity index (χ1v) is 8.12. The van der Waals surface area contributed by atoms with Crippen LogP contribution in [-0.4, -0.2) is 37.7 Å². The van der Waals surface area contributed by atoms with Gasteiger partial charge in [-0.15, -0.1) is 0 Å². The van der Waals surface area contributed by atoms with Gasteiger partial charge >= 0.3 is 5.97 Å². The lowest BCUT2D eigenvalue weighted by Crippen LogP contribution is -2.35. The molecule has 0 aromatic heterocycles. The van der Waals surface area contributed by atoms with Crippen molar-refractivity contribution in [2.75, 3.05) is 25.3 Å². The zero-order chi connectivity index (χ0) is 21.0. The molecular weight excluding hydrogens is 397 g/mol. The molecule has 2 amide bonds. The molecule has 11 heteroatoms. The molecule has 0 atom stereocenters. The molecule has 1 aliphatic heterocycles. The Bertz CT molecular complexity index is 982. The predicted octanol–water partition coefficient (Wildman–Crippen LogP) is 1.74. The highest BCUT2D eigenvalue weighted by atomic mass is 19.2. The van der Waals surface area contributed by atoms with Crippen molar-refractivity contribution in [1.82, 2.24) is 5.32 Å². The van der Waals surface area contributed by atoms with E-state index in [1.54, 1.807) is 0 Å². The van der Waals surface area contributed by atoms with Gasteiger partial charge in [0.25, 0.3) is 5.91 Å². The number of nitrogens with one attached hydrogen (secondary N) is 2. The zero-order valence-electron chi connectivity index (χ0n) is 14.6. The van der Waals surface area contributed by atoms with E-state index in [-0.39, 0.29) is 12.4 Å². The highest BCUT2D eigenvalue weighted by molar-refractivity contribution is 5.95. The average Bonchev–Trinajstić information content (AvgIpc) is 3.18. The Hall–Kier alpha value is -3.76. The molecule has 2 aromatic rings. The summed E-state index contributed by atoms with van der Waals surface area (Å²) in [6.45, 7) is -1.26. The summed E-state index contributed by atoms with van der Waals surface area (Å²) in [7, 11) is 0. The van der Waals surface area contributed by atoms with Gasteiger partial charge < -0.3 is 24.8 Å². The highest BCUT2D eigenvalue weighted by Crippen LogP contribution is 2.32. The molecule has 0 radical (unpaired) electrons. The lowest BCUT2D eigenvalue weighted by Gasteiger charge is -2.09. The number of esters is 1. The number of halogens is 3. The van der Waals surface area contributed by atoms with Crippen LogP contribution in [-0.2, 0) is 14.3 Å². The van der Waals surface area contributed by atoms with Crippen LogP contribution in [0.5, 0.6) is 11.5 Å². The van der Waals surface area contributed by atoms with Gasteiger partial charge in [-0.2, -0.15) is 0 Å². The van der Waals surface area contributed by atoms with E-state index in [9.17, 15) is 27.6 Å². The Balaban J connectivity index is 1.44. The van der Waals surface area contributed by atoms with Gasteiger partial charge in [0, 0.05) is 0 Å². The average molecular weight is 410 g/mol. The first-order chi connectivity index (χ1) is 13.8. The summed E-state index contributed by atoms with van der Waals surface area (Å²) < 4.78 is 54.5. The molecule has 0 bridgehead atoms. The van der Waals surface area contributed by atoms with E-state index in [0.717, 1.165) is 6.07 Å². The number of amides is 2. The van der Waals surface area contributed by atoms with Crippen LogP contribution in [0.15, 0.2) is 30.3 Å². The largest absolute Gasteiger partial charge is 0.454 e. The number of hydrogen-bond donors (Lipinski definition) is 2. The van der Waals surface area contributed by atoms with Crippen LogP contribution < -0.4 is 20.1 Å². The molecule has 0 saturated heterocycles. The third-order valence-electron chi connectivity index (χ3n) is 3.70. The van der Waals surface area contributed by atoms with Gasteiger partial charge in [0.2, 0.25) is 12.7 Å². The minimum atomic E-state index is -1.73. The van der Waals surface area contributed by atoms with E-state index in [1.165, 1.54) is 18.2 Å². The summed E-state index contributed by atoms with van der Waals surface area (Å²) in [5, 5.41) is 4.11. The number of benzene rings is 2. The Morgan fingerprint density at radius 3 is 2.52 bits per heavy atom. The minimum absolute atomic E-state index is 0.0345. The van der Waals surface area contributed by atoms with Crippen LogP contribution in [0.4, 0.5) is 18.9 Å². The molecule has 0 unspecified atom stereocenters. The Morgan fingerprint density at radius 2 is 1.72 bits per heavy atom. The molecule has 0 spiro atoms. The molecule has 2 N–H and O–H groups in total. The van der Waals surface area contributed by atoms with E-state index >= 15 is 0 Å². The number of hydrogen-bond acceptors (Lipinski definition) is 6. The first-order valence-electron chi connectivity index (χ1n) is 8.12. The first kappa shape index (κ1) is 20.0. The number of rotatable bonds is 6. The van der Waals surface area contributed by atoms with E-state index in [0.29, 0.717) is 17.6 Å². The van der Waals surface area contributed by atoms with Gasteiger partial charge in [-0.25, -0.2) is 18.0 Å². The van der Waals surface area contributed by atoms with Gasteiger partial charge in [-0.1, -0.05) is 0 Å². The lowest BCUT2D eigenvalue weighted by atomic mass is 10.2. The number of carbonyl (C=O) groups is 3. The summed E-state index contributed by atoms with van der Waals surface area (Å²) in [6, 6.07) is 5.81. The van der Waals surface area contributed by atoms with Crippen molar-refractivity contribution in [2.24, 2.45) is 0 Å². The second-order valence-corrected chi connectivity index (χ2v) is 5.69. The molecule has 0 fully saturated rings. The summed E-state index contributed by atoms with van der Waals surface area (Å²) in [6.07, 6.45) is 0. The predicted molar refractivity (Wildman–Crippen MR) is 90.8 cm³/mol. The number of fused-ring (bicyclic) bond motifs is 1. The summed E-state index contributed by atoms with van der Waals surface area (Å²) >= 11 is 0. The smallest absolute Gasteiger partial charge is 0.338 e. The highest BCUT2D eigenvalue weighted by Gasteiger charge is 2.18. The van der Waals surface area contributed by atoms with Gasteiger partial charge in [0.15, 0.2) is 35.6 Å². The third kappa shape index (κ3) is 4.75. The van der Waals surface area contributed by atoms with E-state index in [1.807, 2.05) is 5.32 Å². The van der Waals surface area contributed by atoms with Crippen molar-refractivity contribution in [3.05, 3.63) is 53.3 Å². The van der Waals surface area contributed by atoms with Gasteiger partial charge in [0.05, 0.1) is 17.8 Å².